The number of phenols is 2. The maximum atomic E-state index is 9.02. The average molecular weight is 192 g/mol. The second kappa shape index (κ2) is 2.27. The third kappa shape index (κ3) is 1.36. The summed E-state index contributed by atoms with van der Waals surface area (Å²) in [4.78, 5) is 0. The van der Waals surface area contributed by atoms with Crippen molar-refractivity contribution < 1.29 is 14.3 Å². The van der Waals surface area contributed by atoms with Gasteiger partial charge in [-0.1, -0.05) is 15.9 Å². The molecule has 0 saturated heterocycles. The summed E-state index contributed by atoms with van der Waals surface area (Å²) < 4.78 is 21.5. The molecule has 9 heavy (non-hydrogen) atoms. The van der Waals surface area contributed by atoms with Crippen LogP contribution < -0.4 is 0 Å². The van der Waals surface area contributed by atoms with Gasteiger partial charge in [-0.2, -0.15) is 0 Å². The standard InChI is InChI=1S/C6H5BrO2/c7-4-1-2-5(8)6(9)3-4/h1-3,8-9H/i1D,2D,3D. The van der Waals surface area contributed by atoms with E-state index in [0.29, 0.717) is 0 Å². The van der Waals surface area contributed by atoms with Crippen molar-refractivity contribution >= 4 is 15.9 Å². The Hall–Kier alpha value is -0.700. The van der Waals surface area contributed by atoms with E-state index >= 15 is 0 Å². The van der Waals surface area contributed by atoms with Gasteiger partial charge in [0, 0.05) is 4.47 Å². The molecule has 0 aromatic heterocycles. The minimum atomic E-state index is -0.729. The van der Waals surface area contributed by atoms with Crippen LogP contribution in [0.25, 0.3) is 0 Å². The van der Waals surface area contributed by atoms with Gasteiger partial charge in [-0.25, -0.2) is 0 Å². The van der Waals surface area contributed by atoms with Crippen molar-refractivity contribution in [1.82, 2.24) is 0 Å². The Kier molecular flexibility index (Phi) is 0.873. The molecule has 0 unspecified atom stereocenters. The Balaban J connectivity index is 3.60. The summed E-state index contributed by atoms with van der Waals surface area (Å²) in [5.41, 5.74) is 0. The molecule has 0 fully saturated rings. The second-order valence-electron chi connectivity index (χ2n) is 1.39. The van der Waals surface area contributed by atoms with E-state index in [-0.39, 0.29) is 16.6 Å². The Morgan fingerprint density at radius 1 is 1.33 bits per heavy atom. The van der Waals surface area contributed by atoms with Gasteiger partial charge in [-0.3, -0.25) is 0 Å². The molecule has 0 heterocycles. The highest BCUT2D eigenvalue weighted by atomic mass is 79.9. The average Bonchev–Trinajstić information content (AvgIpc) is 2.08. The fourth-order valence-corrected chi connectivity index (χ4v) is 0.655. The molecule has 0 atom stereocenters. The molecule has 2 N–H and O–H groups in total. The first-order chi connectivity index (χ1) is 5.46. The van der Waals surface area contributed by atoms with Crippen LogP contribution in [0.4, 0.5) is 0 Å². The maximum absolute atomic E-state index is 9.02. The zero-order valence-corrected chi connectivity index (χ0v) is 5.86. The number of hydrogen-bond donors (Lipinski definition) is 2. The summed E-state index contributed by atoms with van der Waals surface area (Å²) in [5, 5.41) is 18.0. The van der Waals surface area contributed by atoms with Gasteiger partial charge in [-0.05, 0) is 18.1 Å². The molecule has 0 aliphatic carbocycles. The van der Waals surface area contributed by atoms with Gasteiger partial charge >= 0.3 is 0 Å². The van der Waals surface area contributed by atoms with Crippen molar-refractivity contribution in [3.8, 4) is 11.5 Å². The molecule has 1 aromatic rings. The van der Waals surface area contributed by atoms with Gasteiger partial charge in [0.25, 0.3) is 0 Å². The van der Waals surface area contributed by atoms with Crippen molar-refractivity contribution in [2.75, 3.05) is 0 Å². The van der Waals surface area contributed by atoms with E-state index in [4.69, 9.17) is 14.3 Å². The molecule has 2 nitrogen and oxygen atoms in total. The molecule has 0 radical (unpaired) electrons. The molecule has 1 aromatic carbocycles. The largest absolute Gasteiger partial charge is 0.504 e. The van der Waals surface area contributed by atoms with Gasteiger partial charge < -0.3 is 10.2 Å². The first-order valence-electron chi connectivity index (χ1n) is 3.64. The lowest BCUT2D eigenvalue weighted by molar-refractivity contribution is 0.403. The lowest BCUT2D eigenvalue weighted by Crippen LogP contribution is -1.66. The monoisotopic (exact) mass is 191 g/mol. The quantitative estimate of drug-likeness (QED) is 0.616. The fourth-order valence-electron chi connectivity index (χ4n) is 0.368. The molecular weight excluding hydrogens is 184 g/mol. The number of halogens is 1. The summed E-state index contributed by atoms with van der Waals surface area (Å²) in [7, 11) is 0. The Labute approximate surface area is 65.1 Å². The van der Waals surface area contributed by atoms with Crippen molar-refractivity contribution in [2.24, 2.45) is 0 Å². The Bertz CT molecular complexity index is 235. The van der Waals surface area contributed by atoms with Crippen molar-refractivity contribution in [3.05, 3.63) is 22.6 Å². The number of rotatable bonds is 0. The van der Waals surface area contributed by atoms with Crippen LogP contribution in [-0.4, -0.2) is 10.2 Å². The predicted octanol–water partition coefficient (Wildman–Crippen LogP) is 1.86. The van der Waals surface area contributed by atoms with Crippen LogP contribution in [0.15, 0.2) is 22.6 Å². The fraction of sp³-hybridized carbons (Fsp3) is 0. The molecule has 0 saturated carbocycles. The molecule has 0 amide bonds. The summed E-state index contributed by atoms with van der Waals surface area (Å²) in [6, 6.07) is -1.18. The highest BCUT2D eigenvalue weighted by molar-refractivity contribution is 9.10. The van der Waals surface area contributed by atoms with Gasteiger partial charge in [0.15, 0.2) is 11.5 Å². The highest BCUT2D eigenvalue weighted by Gasteiger charge is 1.95. The molecular formula is C6H5BrO2. The van der Waals surface area contributed by atoms with E-state index in [9.17, 15) is 0 Å². The zero-order chi connectivity index (χ0) is 9.46. The highest BCUT2D eigenvalue weighted by Crippen LogP contribution is 2.26. The van der Waals surface area contributed by atoms with Crippen LogP contribution >= 0.6 is 15.9 Å². The second-order valence-corrected chi connectivity index (χ2v) is 2.18. The van der Waals surface area contributed by atoms with Crippen molar-refractivity contribution in [2.45, 2.75) is 0 Å². The lowest BCUT2D eigenvalue weighted by Gasteiger charge is -1.94. The lowest BCUT2D eigenvalue weighted by atomic mass is 10.3. The minimum absolute atomic E-state index is 0.00259. The number of phenolic OH excluding ortho intramolecular Hbond substituents is 2. The maximum Gasteiger partial charge on any atom is 0.158 e. The van der Waals surface area contributed by atoms with Crippen LogP contribution in [0.2, 0.25) is 0 Å². The van der Waals surface area contributed by atoms with E-state index in [1.807, 2.05) is 0 Å². The van der Waals surface area contributed by atoms with Gasteiger partial charge in [0.05, 0.1) is 4.11 Å². The molecule has 48 valence electrons. The third-order valence-corrected chi connectivity index (χ3v) is 1.14. The smallest absolute Gasteiger partial charge is 0.158 e. The summed E-state index contributed by atoms with van der Waals surface area (Å²) >= 11 is 2.85. The summed E-state index contributed by atoms with van der Waals surface area (Å²) in [6.07, 6.45) is 0. The van der Waals surface area contributed by atoms with Crippen molar-refractivity contribution in [3.63, 3.8) is 0 Å². The van der Waals surface area contributed by atoms with Crippen LogP contribution in [0.5, 0.6) is 11.5 Å². The van der Waals surface area contributed by atoms with E-state index in [1.165, 1.54) is 0 Å². The van der Waals surface area contributed by atoms with Crippen LogP contribution in [0.1, 0.15) is 4.11 Å². The van der Waals surface area contributed by atoms with E-state index in [2.05, 4.69) is 15.9 Å². The zero-order valence-electron chi connectivity index (χ0n) is 7.27. The number of aromatic hydroxyl groups is 2. The van der Waals surface area contributed by atoms with Gasteiger partial charge in [0.2, 0.25) is 0 Å². The van der Waals surface area contributed by atoms with Gasteiger partial charge in [-0.15, -0.1) is 0 Å². The first-order valence-corrected chi connectivity index (χ1v) is 2.93. The van der Waals surface area contributed by atoms with E-state index in [0.717, 1.165) is 0 Å². The van der Waals surface area contributed by atoms with E-state index < -0.39 is 17.5 Å². The van der Waals surface area contributed by atoms with E-state index in [1.54, 1.807) is 0 Å². The minimum Gasteiger partial charge on any atom is -0.504 e. The molecule has 0 aliphatic heterocycles. The molecule has 3 heteroatoms. The van der Waals surface area contributed by atoms with Crippen LogP contribution in [0.3, 0.4) is 0 Å². The summed E-state index contributed by atoms with van der Waals surface area (Å²) in [6.45, 7) is 0. The number of benzene rings is 1. The topological polar surface area (TPSA) is 40.5 Å². The molecule has 0 aliphatic rings. The SMILES string of the molecule is [2H]c1c([2H])c(Br)c([2H])c(O)c1O. The third-order valence-electron chi connectivity index (χ3n) is 0.743. The van der Waals surface area contributed by atoms with Crippen LogP contribution in [0, 0.1) is 0 Å². The summed E-state index contributed by atoms with van der Waals surface area (Å²) in [5.74, 6) is -1.41. The number of hydrogen-bond acceptors (Lipinski definition) is 2. The van der Waals surface area contributed by atoms with Gasteiger partial charge in [0.1, 0.15) is 0 Å². The molecule has 1 rings (SSSR count). The Morgan fingerprint density at radius 3 is 2.67 bits per heavy atom. The predicted molar refractivity (Wildman–Crippen MR) is 37.5 cm³/mol. The molecule has 0 bridgehead atoms. The normalized spacial score (nSPS) is 14.1. The first kappa shape index (κ1) is 3.46. The van der Waals surface area contributed by atoms with Crippen molar-refractivity contribution in [1.29, 1.82) is 0 Å². The Morgan fingerprint density at radius 2 is 2.00 bits per heavy atom. The molecule has 0 spiro atoms. The van der Waals surface area contributed by atoms with Crippen LogP contribution in [-0.2, 0) is 0 Å².